The Bertz CT molecular complexity index is 740. The first-order valence-corrected chi connectivity index (χ1v) is 8.32. The first kappa shape index (κ1) is 17.9. The summed E-state index contributed by atoms with van der Waals surface area (Å²) >= 11 is 1.54. The van der Waals surface area contributed by atoms with E-state index in [1.54, 1.807) is 12.1 Å². The molecule has 2 N–H and O–H groups in total. The fourth-order valence-corrected chi connectivity index (χ4v) is 2.95. The minimum atomic E-state index is -0.670. The third-order valence-electron chi connectivity index (χ3n) is 3.65. The number of non-ortho nitro benzene ring substituents is 1. The van der Waals surface area contributed by atoms with Gasteiger partial charge in [0.05, 0.1) is 27.2 Å². The number of nitro groups is 1. The first-order valence-electron chi connectivity index (χ1n) is 7.44. The van der Waals surface area contributed by atoms with Gasteiger partial charge in [-0.3, -0.25) is 10.1 Å². The van der Waals surface area contributed by atoms with Gasteiger partial charge in [-0.1, -0.05) is 0 Å². The Balaban J connectivity index is 2.02. The minimum Gasteiger partial charge on any atom is -0.330 e. The number of carbonyl (C=O) groups is 1. The number of hydrogen-bond donors (Lipinski definition) is 2. The second-order valence-corrected chi connectivity index (χ2v) is 7.10. The Morgan fingerprint density at radius 1 is 1.33 bits per heavy atom. The van der Waals surface area contributed by atoms with Gasteiger partial charge in [0.15, 0.2) is 0 Å². The Kier molecular flexibility index (Phi) is 5.18. The van der Waals surface area contributed by atoms with E-state index in [0.717, 1.165) is 16.3 Å². The van der Waals surface area contributed by atoms with Crippen molar-refractivity contribution in [3.63, 3.8) is 0 Å². The Morgan fingerprint density at radius 3 is 2.46 bits per heavy atom. The summed E-state index contributed by atoms with van der Waals surface area (Å²) in [5.74, 6) is 0. The fraction of sp³-hybridized carbons (Fsp3) is 0.375. The predicted octanol–water partition coefficient (Wildman–Crippen LogP) is 3.66. The lowest BCUT2D eigenvalue weighted by Crippen LogP contribution is -2.47. The normalized spacial score (nSPS) is 12.5. The van der Waals surface area contributed by atoms with Crippen molar-refractivity contribution in [1.82, 2.24) is 15.6 Å². The highest BCUT2D eigenvalue weighted by Crippen LogP contribution is 2.23. The van der Waals surface area contributed by atoms with Crippen LogP contribution in [-0.2, 0) is 5.54 Å². The van der Waals surface area contributed by atoms with Crippen molar-refractivity contribution < 1.29 is 9.72 Å². The number of rotatable bonds is 5. The van der Waals surface area contributed by atoms with Crippen molar-refractivity contribution in [3.8, 4) is 0 Å². The van der Waals surface area contributed by atoms with E-state index >= 15 is 0 Å². The molecule has 0 aliphatic rings. The smallest absolute Gasteiger partial charge is 0.315 e. The van der Waals surface area contributed by atoms with Crippen LogP contribution in [0.15, 0.2) is 29.6 Å². The predicted molar refractivity (Wildman–Crippen MR) is 93.1 cm³/mol. The molecule has 1 aromatic carbocycles. The molecular weight excluding hydrogens is 328 g/mol. The maximum absolute atomic E-state index is 12.2. The Labute approximate surface area is 144 Å². The number of aryl methyl sites for hydroxylation is 1. The fourth-order valence-electron chi connectivity index (χ4n) is 2.24. The van der Waals surface area contributed by atoms with Gasteiger partial charge >= 0.3 is 6.03 Å². The van der Waals surface area contributed by atoms with E-state index in [0.29, 0.717) is 0 Å². The van der Waals surface area contributed by atoms with Crippen LogP contribution in [0, 0.1) is 17.0 Å². The molecule has 0 aliphatic heterocycles. The molecule has 0 aliphatic carbocycles. The summed E-state index contributed by atoms with van der Waals surface area (Å²) in [4.78, 5) is 26.9. The van der Waals surface area contributed by atoms with Crippen molar-refractivity contribution in [3.05, 3.63) is 56.0 Å². The van der Waals surface area contributed by atoms with Gasteiger partial charge in [-0.2, -0.15) is 0 Å². The molecule has 0 radical (unpaired) electrons. The molecule has 2 aromatic rings. The average Bonchev–Trinajstić information content (AvgIpc) is 2.93. The highest BCUT2D eigenvalue weighted by atomic mass is 32.1. The summed E-state index contributed by atoms with van der Waals surface area (Å²) in [6.07, 6.45) is 0. The molecule has 0 saturated carbocycles. The molecule has 128 valence electrons. The average molecular weight is 348 g/mol. The molecule has 0 bridgehead atoms. The summed E-state index contributed by atoms with van der Waals surface area (Å²) in [5.41, 5.74) is 0.949. The van der Waals surface area contributed by atoms with Crippen LogP contribution in [0.4, 0.5) is 10.5 Å². The number of nitro benzene ring substituents is 1. The summed E-state index contributed by atoms with van der Waals surface area (Å²) < 4.78 is 0. The van der Waals surface area contributed by atoms with E-state index in [-0.39, 0.29) is 17.8 Å². The Morgan fingerprint density at radius 2 is 1.96 bits per heavy atom. The molecule has 1 atom stereocenters. The van der Waals surface area contributed by atoms with Crippen molar-refractivity contribution in [2.24, 2.45) is 0 Å². The third kappa shape index (κ3) is 4.29. The van der Waals surface area contributed by atoms with Crippen molar-refractivity contribution in [2.45, 2.75) is 39.3 Å². The van der Waals surface area contributed by atoms with E-state index < -0.39 is 10.5 Å². The van der Waals surface area contributed by atoms with Crippen LogP contribution in [-0.4, -0.2) is 15.9 Å². The second kappa shape index (κ2) is 6.96. The lowest BCUT2D eigenvalue weighted by molar-refractivity contribution is -0.384. The summed E-state index contributed by atoms with van der Waals surface area (Å²) in [6.45, 7) is 7.46. The van der Waals surface area contributed by atoms with Gasteiger partial charge in [0.2, 0.25) is 0 Å². The topological polar surface area (TPSA) is 97.2 Å². The maximum Gasteiger partial charge on any atom is 0.315 e. The zero-order chi connectivity index (χ0) is 17.9. The van der Waals surface area contributed by atoms with Crippen molar-refractivity contribution in [1.29, 1.82) is 0 Å². The van der Waals surface area contributed by atoms with Gasteiger partial charge in [0, 0.05) is 17.5 Å². The lowest BCUT2D eigenvalue weighted by atomic mass is 9.94. The lowest BCUT2D eigenvalue weighted by Gasteiger charge is -2.27. The first-order chi connectivity index (χ1) is 11.2. The quantitative estimate of drug-likeness (QED) is 0.636. The highest BCUT2D eigenvalue weighted by Gasteiger charge is 2.24. The zero-order valence-corrected chi connectivity index (χ0v) is 14.8. The summed E-state index contributed by atoms with van der Waals surface area (Å²) in [6, 6.07) is 5.62. The van der Waals surface area contributed by atoms with Crippen LogP contribution >= 0.6 is 11.3 Å². The van der Waals surface area contributed by atoms with E-state index in [9.17, 15) is 14.9 Å². The SMILES string of the molecule is Cc1nc([C@H](C)NC(=O)NC(C)(C)c2ccc([N+](=O)[O-])cc2)cs1. The van der Waals surface area contributed by atoms with Gasteiger partial charge < -0.3 is 10.6 Å². The van der Waals surface area contributed by atoms with Crippen LogP contribution < -0.4 is 10.6 Å². The number of hydrogen-bond acceptors (Lipinski definition) is 5. The van der Waals surface area contributed by atoms with Crippen LogP contribution in [0.2, 0.25) is 0 Å². The maximum atomic E-state index is 12.2. The standard InChI is InChI=1S/C16H20N4O3S/c1-10(14-9-24-11(2)18-14)17-15(21)19-16(3,4)12-5-7-13(8-6-12)20(22)23/h5-10H,1-4H3,(H2,17,19,21)/t10-/m0/s1. The number of carbonyl (C=O) groups excluding carboxylic acids is 1. The number of nitrogens with zero attached hydrogens (tertiary/aromatic N) is 2. The molecule has 1 aromatic heterocycles. The van der Waals surface area contributed by atoms with Crippen LogP contribution in [0.3, 0.4) is 0 Å². The molecule has 2 rings (SSSR count). The van der Waals surface area contributed by atoms with Gasteiger partial charge in [-0.25, -0.2) is 9.78 Å². The van der Waals surface area contributed by atoms with E-state index in [4.69, 9.17) is 0 Å². The molecule has 0 unspecified atom stereocenters. The molecule has 7 nitrogen and oxygen atoms in total. The minimum absolute atomic E-state index is 0.0199. The van der Waals surface area contributed by atoms with Crippen LogP contribution in [0.1, 0.15) is 43.1 Å². The zero-order valence-electron chi connectivity index (χ0n) is 14.0. The molecule has 0 spiro atoms. The number of nitrogens with one attached hydrogen (secondary N) is 2. The second-order valence-electron chi connectivity index (χ2n) is 6.04. The summed E-state index contributed by atoms with van der Waals surface area (Å²) in [5, 5.41) is 19.3. The molecule has 0 fully saturated rings. The van der Waals surface area contributed by atoms with Crippen molar-refractivity contribution >= 4 is 23.1 Å². The van der Waals surface area contributed by atoms with Gasteiger partial charge in [0.25, 0.3) is 5.69 Å². The largest absolute Gasteiger partial charge is 0.330 e. The van der Waals surface area contributed by atoms with Crippen LogP contribution in [0.25, 0.3) is 0 Å². The van der Waals surface area contributed by atoms with E-state index in [1.807, 2.05) is 33.1 Å². The van der Waals surface area contributed by atoms with Crippen LogP contribution in [0.5, 0.6) is 0 Å². The number of benzene rings is 1. The molecule has 0 saturated heterocycles. The molecular formula is C16H20N4O3S. The summed E-state index contributed by atoms with van der Waals surface area (Å²) in [7, 11) is 0. The molecule has 8 heteroatoms. The van der Waals surface area contributed by atoms with E-state index in [2.05, 4.69) is 15.6 Å². The number of aromatic nitrogens is 1. The van der Waals surface area contributed by atoms with Crippen molar-refractivity contribution in [2.75, 3.05) is 0 Å². The van der Waals surface area contributed by atoms with Gasteiger partial charge in [0.1, 0.15) is 0 Å². The highest BCUT2D eigenvalue weighted by molar-refractivity contribution is 7.09. The van der Waals surface area contributed by atoms with Gasteiger partial charge in [-0.05, 0) is 45.4 Å². The molecule has 2 amide bonds. The van der Waals surface area contributed by atoms with E-state index in [1.165, 1.54) is 23.5 Å². The monoisotopic (exact) mass is 348 g/mol. The number of thiazole rings is 1. The number of amides is 2. The number of urea groups is 1. The molecule has 1 heterocycles. The Hall–Kier alpha value is -2.48. The van der Waals surface area contributed by atoms with Gasteiger partial charge in [-0.15, -0.1) is 11.3 Å². The molecule has 24 heavy (non-hydrogen) atoms. The third-order valence-corrected chi connectivity index (χ3v) is 4.45.